The molecule has 0 saturated carbocycles. The standard InChI is InChI=1S/C26H26N2O5/c1-18-26(30)28(14-15-32-21-8-4-3-5-9-21)17-19-16-20(12-13-23(19)33-18)27-25(29)22-10-6-7-11-24(22)31-2/h3-13,16,18H,14-15,17H2,1-2H3,(H,27,29)/t18-/m0/s1. The number of carbonyl (C=O) groups is 2. The van der Waals surface area contributed by atoms with Crippen molar-refractivity contribution in [3.8, 4) is 17.2 Å². The summed E-state index contributed by atoms with van der Waals surface area (Å²) in [5.74, 6) is 1.49. The number of amides is 2. The van der Waals surface area contributed by atoms with Gasteiger partial charge in [-0.25, -0.2) is 0 Å². The van der Waals surface area contributed by atoms with Crippen LogP contribution < -0.4 is 19.5 Å². The molecule has 0 radical (unpaired) electrons. The fourth-order valence-electron chi connectivity index (χ4n) is 3.69. The Kier molecular flexibility index (Phi) is 6.78. The maximum Gasteiger partial charge on any atom is 0.263 e. The van der Waals surface area contributed by atoms with Gasteiger partial charge in [0.25, 0.3) is 11.8 Å². The summed E-state index contributed by atoms with van der Waals surface area (Å²) >= 11 is 0. The van der Waals surface area contributed by atoms with Gasteiger partial charge in [-0.1, -0.05) is 30.3 Å². The summed E-state index contributed by atoms with van der Waals surface area (Å²) in [5, 5.41) is 2.90. The third kappa shape index (κ3) is 5.26. The lowest BCUT2D eigenvalue weighted by Crippen LogP contribution is -2.40. The zero-order valence-corrected chi connectivity index (χ0v) is 18.6. The minimum absolute atomic E-state index is 0.109. The number of para-hydroxylation sites is 2. The van der Waals surface area contributed by atoms with E-state index in [1.807, 2.05) is 42.5 Å². The summed E-state index contributed by atoms with van der Waals surface area (Å²) in [5.41, 5.74) is 1.86. The van der Waals surface area contributed by atoms with Gasteiger partial charge in [-0.05, 0) is 49.4 Å². The molecular formula is C26H26N2O5. The molecule has 1 aliphatic rings. The van der Waals surface area contributed by atoms with E-state index in [9.17, 15) is 9.59 Å². The molecule has 1 aliphatic heterocycles. The average Bonchev–Trinajstić information content (AvgIpc) is 2.95. The second kappa shape index (κ2) is 10.1. The first-order valence-corrected chi connectivity index (χ1v) is 10.8. The van der Waals surface area contributed by atoms with Crippen molar-refractivity contribution in [2.45, 2.75) is 19.6 Å². The second-order valence-corrected chi connectivity index (χ2v) is 7.66. The molecule has 3 aromatic rings. The lowest BCUT2D eigenvalue weighted by molar-refractivity contribution is -0.138. The number of hydrogen-bond donors (Lipinski definition) is 1. The van der Waals surface area contributed by atoms with Crippen molar-refractivity contribution in [3.05, 3.63) is 83.9 Å². The van der Waals surface area contributed by atoms with Gasteiger partial charge >= 0.3 is 0 Å². The van der Waals surface area contributed by atoms with Crippen molar-refractivity contribution in [2.24, 2.45) is 0 Å². The van der Waals surface area contributed by atoms with Crippen LogP contribution in [0, 0.1) is 0 Å². The Morgan fingerprint density at radius 2 is 1.85 bits per heavy atom. The van der Waals surface area contributed by atoms with Gasteiger partial charge in [-0.15, -0.1) is 0 Å². The van der Waals surface area contributed by atoms with Crippen LogP contribution in [0.15, 0.2) is 72.8 Å². The normalized spacial score (nSPS) is 15.2. The van der Waals surface area contributed by atoms with Crippen LogP contribution in [0.4, 0.5) is 5.69 Å². The van der Waals surface area contributed by atoms with Crippen LogP contribution in [0.25, 0.3) is 0 Å². The van der Waals surface area contributed by atoms with E-state index in [0.29, 0.717) is 42.4 Å². The third-order valence-corrected chi connectivity index (χ3v) is 5.37. The van der Waals surface area contributed by atoms with Crippen molar-refractivity contribution in [1.29, 1.82) is 0 Å². The molecule has 0 saturated heterocycles. The molecule has 1 atom stereocenters. The largest absolute Gasteiger partial charge is 0.496 e. The number of rotatable bonds is 7. The van der Waals surface area contributed by atoms with E-state index in [4.69, 9.17) is 14.2 Å². The maximum absolute atomic E-state index is 12.8. The van der Waals surface area contributed by atoms with Crippen LogP contribution in [-0.4, -0.2) is 43.1 Å². The van der Waals surface area contributed by atoms with E-state index in [1.54, 1.807) is 42.2 Å². The number of ether oxygens (including phenoxy) is 3. The molecular weight excluding hydrogens is 420 g/mol. The molecule has 0 unspecified atom stereocenters. The molecule has 1 N–H and O–H groups in total. The minimum atomic E-state index is -0.614. The average molecular weight is 447 g/mol. The van der Waals surface area contributed by atoms with Crippen molar-refractivity contribution in [2.75, 3.05) is 25.6 Å². The number of nitrogens with zero attached hydrogens (tertiary/aromatic N) is 1. The van der Waals surface area contributed by atoms with Crippen molar-refractivity contribution in [1.82, 2.24) is 4.90 Å². The molecule has 2 amide bonds. The first kappa shape index (κ1) is 22.2. The summed E-state index contributed by atoms with van der Waals surface area (Å²) < 4.78 is 16.9. The van der Waals surface area contributed by atoms with Crippen LogP contribution in [0.1, 0.15) is 22.8 Å². The summed E-state index contributed by atoms with van der Waals surface area (Å²) in [6, 6.07) is 21.9. The fourth-order valence-corrected chi connectivity index (χ4v) is 3.69. The highest BCUT2D eigenvalue weighted by atomic mass is 16.5. The van der Waals surface area contributed by atoms with Gasteiger partial charge in [0.2, 0.25) is 0 Å². The molecule has 0 fully saturated rings. The van der Waals surface area contributed by atoms with Gasteiger partial charge in [0.05, 0.1) is 19.2 Å². The van der Waals surface area contributed by atoms with Crippen molar-refractivity contribution >= 4 is 17.5 Å². The van der Waals surface area contributed by atoms with E-state index in [-0.39, 0.29) is 11.8 Å². The molecule has 0 aromatic heterocycles. The lowest BCUT2D eigenvalue weighted by Gasteiger charge is -2.22. The zero-order chi connectivity index (χ0) is 23.2. The van der Waals surface area contributed by atoms with Crippen LogP contribution >= 0.6 is 0 Å². The summed E-state index contributed by atoms with van der Waals surface area (Å²) in [4.78, 5) is 27.3. The quantitative estimate of drug-likeness (QED) is 0.590. The predicted molar refractivity (Wildman–Crippen MR) is 125 cm³/mol. The molecule has 0 bridgehead atoms. The first-order valence-electron chi connectivity index (χ1n) is 10.8. The molecule has 7 nitrogen and oxygen atoms in total. The molecule has 0 aliphatic carbocycles. The number of methoxy groups -OCH3 is 1. The Bertz CT molecular complexity index is 1130. The summed E-state index contributed by atoms with van der Waals surface area (Å²) in [6.07, 6.45) is -0.614. The van der Waals surface area contributed by atoms with Gasteiger partial charge in [0.15, 0.2) is 6.10 Å². The van der Waals surface area contributed by atoms with E-state index in [2.05, 4.69) is 5.32 Å². The highest BCUT2D eigenvalue weighted by molar-refractivity contribution is 6.06. The molecule has 4 rings (SSSR count). The number of anilines is 1. The first-order chi connectivity index (χ1) is 16.0. The van der Waals surface area contributed by atoms with E-state index >= 15 is 0 Å². The fraction of sp³-hybridized carbons (Fsp3) is 0.231. The Hall–Kier alpha value is -4.00. The van der Waals surface area contributed by atoms with Crippen LogP contribution in [0.3, 0.4) is 0 Å². The molecule has 1 heterocycles. The second-order valence-electron chi connectivity index (χ2n) is 7.66. The highest BCUT2D eigenvalue weighted by Gasteiger charge is 2.28. The number of carbonyl (C=O) groups excluding carboxylic acids is 2. The van der Waals surface area contributed by atoms with E-state index in [0.717, 1.165) is 11.3 Å². The molecule has 3 aromatic carbocycles. The molecule has 0 spiro atoms. The lowest BCUT2D eigenvalue weighted by atomic mass is 10.1. The van der Waals surface area contributed by atoms with Crippen LogP contribution in [-0.2, 0) is 11.3 Å². The Morgan fingerprint density at radius 3 is 2.64 bits per heavy atom. The Labute approximate surface area is 192 Å². The van der Waals surface area contributed by atoms with Crippen molar-refractivity contribution in [3.63, 3.8) is 0 Å². The van der Waals surface area contributed by atoms with Gasteiger partial charge in [0.1, 0.15) is 23.9 Å². The number of hydrogen-bond acceptors (Lipinski definition) is 5. The Morgan fingerprint density at radius 1 is 1.09 bits per heavy atom. The van der Waals surface area contributed by atoms with E-state index in [1.165, 1.54) is 7.11 Å². The third-order valence-electron chi connectivity index (χ3n) is 5.37. The Balaban J connectivity index is 1.48. The molecule has 33 heavy (non-hydrogen) atoms. The maximum atomic E-state index is 12.8. The molecule has 170 valence electrons. The summed E-state index contributed by atoms with van der Waals surface area (Å²) in [7, 11) is 1.53. The van der Waals surface area contributed by atoms with Gasteiger partial charge in [-0.2, -0.15) is 0 Å². The minimum Gasteiger partial charge on any atom is -0.496 e. The van der Waals surface area contributed by atoms with Crippen LogP contribution in [0.2, 0.25) is 0 Å². The van der Waals surface area contributed by atoms with Crippen molar-refractivity contribution < 1.29 is 23.8 Å². The monoisotopic (exact) mass is 446 g/mol. The van der Waals surface area contributed by atoms with Gasteiger partial charge in [0, 0.05) is 17.8 Å². The summed E-state index contributed by atoms with van der Waals surface area (Å²) in [6.45, 7) is 2.87. The topological polar surface area (TPSA) is 77.1 Å². The number of benzene rings is 3. The van der Waals surface area contributed by atoms with Crippen LogP contribution in [0.5, 0.6) is 17.2 Å². The number of fused-ring (bicyclic) bond motifs is 1. The smallest absolute Gasteiger partial charge is 0.263 e. The van der Waals surface area contributed by atoms with E-state index < -0.39 is 6.10 Å². The van der Waals surface area contributed by atoms with Gasteiger partial charge < -0.3 is 24.4 Å². The number of nitrogens with one attached hydrogen (secondary N) is 1. The SMILES string of the molecule is COc1ccccc1C(=O)Nc1ccc2c(c1)CN(CCOc1ccccc1)C(=O)[C@H](C)O2. The van der Waals surface area contributed by atoms with Gasteiger partial charge in [-0.3, -0.25) is 9.59 Å². The zero-order valence-electron chi connectivity index (χ0n) is 18.6. The molecule has 7 heteroatoms. The predicted octanol–water partition coefficient (Wildman–Crippen LogP) is 4.14. The highest BCUT2D eigenvalue weighted by Crippen LogP contribution is 2.29.